The lowest BCUT2D eigenvalue weighted by Gasteiger charge is -2.18. The second-order valence-corrected chi connectivity index (χ2v) is 11.0. The summed E-state index contributed by atoms with van der Waals surface area (Å²) in [6.07, 6.45) is 0. The quantitative estimate of drug-likeness (QED) is 0.155. The second-order valence-electron chi connectivity index (χ2n) is 9.02. The van der Waals surface area contributed by atoms with E-state index >= 15 is 0 Å². The number of amides is 2. The molecule has 5 aromatic rings. The van der Waals surface area contributed by atoms with E-state index in [0.29, 0.717) is 32.2 Å². The summed E-state index contributed by atoms with van der Waals surface area (Å²) in [4.78, 5) is 39.1. The van der Waals surface area contributed by atoms with Crippen molar-refractivity contribution < 1.29 is 19.5 Å². The molecular formula is C32H22Cl2N2O4S. The van der Waals surface area contributed by atoms with Crippen molar-refractivity contribution in [1.82, 2.24) is 0 Å². The van der Waals surface area contributed by atoms with Gasteiger partial charge in [-0.05, 0) is 65.5 Å². The van der Waals surface area contributed by atoms with Crippen LogP contribution < -0.4 is 10.6 Å². The fourth-order valence-corrected chi connectivity index (χ4v) is 5.66. The number of thioether (sulfide) groups is 1. The molecule has 0 saturated carbocycles. The van der Waals surface area contributed by atoms with Gasteiger partial charge in [-0.2, -0.15) is 0 Å². The molecular weight excluding hydrogens is 579 g/mol. The molecule has 2 amide bonds. The van der Waals surface area contributed by atoms with E-state index in [9.17, 15) is 19.5 Å². The van der Waals surface area contributed by atoms with Crippen LogP contribution in [-0.4, -0.2) is 22.9 Å². The topological polar surface area (TPSA) is 95.5 Å². The fraction of sp³-hybridized carbons (Fsp3) is 0.0312. The highest BCUT2D eigenvalue weighted by Gasteiger charge is 2.23. The van der Waals surface area contributed by atoms with Crippen LogP contribution in [0, 0.1) is 0 Å². The number of fused-ring (bicyclic) bond motifs is 1. The molecule has 9 heteroatoms. The molecule has 41 heavy (non-hydrogen) atoms. The lowest BCUT2D eigenvalue weighted by molar-refractivity contribution is -0.115. The number of anilines is 2. The summed E-state index contributed by atoms with van der Waals surface area (Å²) in [5.74, 6) is -1.76. The van der Waals surface area contributed by atoms with E-state index in [1.54, 1.807) is 60.7 Å². The minimum absolute atomic E-state index is 0.0612. The van der Waals surface area contributed by atoms with Gasteiger partial charge in [0.05, 0.1) is 15.6 Å². The summed E-state index contributed by atoms with van der Waals surface area (Å²) in [5, 5.41) is 16.6. The molecule has 0 aromatic heterocycles. The Morgan fingerprint density at radius 2 is 1.34 bits per heavy atom. The van der Waals surface area contributed by atoms with Crippen LogP contribution in [0.3, 0.4) is 0 Å². The zero-order valence-electron chi connectivity index (χ0n) is 21.3. The standard InChI is InChI=1S/C32H22Cl2N2O4S/c33-26-17-14-22(18-27(26)34)36-31(38)29(20-6-2-1-3-7-20)41-23-15-12-21(13-16-23)35-30(37)24-10-4-8-19-9-5-11-25(28(19)24)32(39)40/h1-18,29H,(H,35,37)(H,36,38)(H,39,40). The van der Waals surface area contributed by atoms with E-state index < -0.39 is 17.1 Å². The lowest BCUT2D eigenvalue weighted by atomic mass is 9.98. The first-order valence-corrected chi connectivity index (χ1v) is 14.1. The second kappa shape index (κ2) is 12.5. The number of halogens is 2. The van der Waals surface area contributed by atoms with Crippen molar-refractivity contribution in [2.24, 2.45) is 0 Å². The number of hydrogen-bond donors (Lipinski definition) is 3. The minimum atomic E-state index is -1.10. The Bertz CT molecular complexity index is 1760. The maximum atomic E-state index is 13.4. The van der Waals surface area contributed by atoms with Gasteiger partial charge in [0, 0.05) is 27.2 Å². The minimum Gasteiger partial charge on any atom is -0.478 e. The molecule has 5 aromatic carbocycles. The highest BCUT2D eigenvalue weighted by Crippen LogP contribution is 2.37. The maximum Gasteiger partial charge on any atom is 0.336 e. The van der Waals surface area contributed by atoms with E-state index in [-0.39, 0.29) is 17.0 Å². The Labute approximate surface area is 250 Å². The van der Waals surface area contributed by atoms with Gasteiger partial charge in [-0.25, -0.2) is 4.79 Å². The Morgan fingerprint density at radius 3 is 2.00 bits per heavy atom. The van der Waals surface area contributed by atoms with Crippen LogP contribution in [0.2, 0.25) is 10.0 Å². The van der Waals surface area contributed by atoms with Crippen molar-refractivity contribution in [3.8, 4) is 0 Å². The molecule has 1 atom stereocenters. The van der Waals surface area contributed by atoms with E-state index in [1.165, 1.54) is 17.8 Å². The number of carbonyl (C=O) groups is 3. The number of carboxylic acid groups (broad SMARTS) is 1. The van der Waals surface area contributed by atoms with Gasteiger partial charge in [0.2, 0.25) is 5.91 Å². The first kappa shape index (κ1) is 28.2. The first-order valence-electron chi connectivity index (χ1n) is 12.4. The van der Waals surface area contributed by atoms with Crippen molar-refractivity contribution in [3.63, 3.8) is 0 Å². The van der Waals surface area contributed by atoms with E-state index in [2.05, 4.69) is 10.6 Å². The highest BCUT2D eigenvalue weighted by atomic mass is 35.5. The Morgan fingerprint density at radius 1 is 0.683 bits per heavy atom. The molecule has 6 nitrogen and oxygen atoms in total. The molecule has 204 valence electrons. The third-order valence-corrected chi connectivity index (χ3v) is 8.28. The summed E-state index contributed by atoms with van der Waals surface area (Å²) in [5.41, 5.74) is 2.20. The number of hydrogen-bond acceptors (Lipinski definition) is 4. The van der Waals surface area contributed by atoms with Crippen molar-refractivity contribution in [3.05, 3.63) is 136 Å². The van der Waals surface area contributed by atoms with Gasteiger partial charge in [-0.15, -0.1) is 11.8 Å². The average molecular weight is 602 g/mol. The molecule has 0 aliphatic heterocycles. The molecule has 5 rings (SSSR count). The number of aromatic carboxylic acids is 1. The summed E-state index contributed by atoms with van der Waals surface area (Å²) in [6.45, 7) is 0. The number of nitrogens with one attached hydrogen (secondary N) is 2. The van der Waals surface area contributed by atoms with Gasteiger partial charge in [0.1, 0.15) is 5.25 Å². The zero-order valence-corrected chi connectivity index (χ0v) is 23.6. The Balaban J connectivity index is 1.35. The molecule has 0 spiro atoms. The summed E-state index contributed by atoms with van der Waals surface area (Å²) in [6, 6.07) is 31.4. The van der Waals surface area contributed by atoms with E-state index in [0.717, 1.165) is 10.5 Å². The summed E-state index contributed by atoms with van der Waals surface area (Å²) < 4.78 is 0. The molecule has 0 aliphatic carbocycles. The Kier molecular flexibility index (Phi) is 8.59. The van der Waals surface area contributed by atoms with Gasteiger partial charge >= 0.3 is 5.97 Å². The molecule has 3 N–H and O–H groups in total. The van der Waals surface area contributed by atoms with E-state index in [4.69, 9.17) is 23.2 Å². The normalized spacial score (nSPS) is 11.6. The van der Waals surface area contributed by atoms with Crippen molar-refractivity contribution in [2.45, 2.75) is 10.1 Å². The highest BCUT2D eigenvalue weighted by molar-refractivity contribution is 8.00. The molecule has 0 bridgehead atoms. The van der Waals surface area contributed by atoms with Crippen LogP contribution in [0.25, 0.3) is 10.8 Å². The Hall–Kier alpha value is -4.30. The molecule has 0 radical (unpaired) electrons. The number of rotatable bonds is 8. The van der Waals surface area contributed by atoms with Crippen LogP contribution in [0.15, 0.2) is 114 Å². The lowest BCUT2D eigenvalue weighted by Crippen LogP contribution is -2.19. The van der Waals surface area contributed by atoms with Crippen LogP contribution in [0.4, 0.5) is 11.4 Å². The molecule has 1 unspecified atom stereocenters. The van der Waals surface area contributed by atoms with Crippen molar-refractivity contribution in [2.75, 3.05) is 10.6 Å². The third kappa shape index (κ3) is 6.55. The van der Waals surface area contributed by atoms with Gasteiger partial charge in [-0.3, -0.25) is 9.59 Å². The third-order valence-electron chi connectivity index (χ3n) is 6.27. The van der Waals surface area contributed by atoms with Crippen molar-refractivity contribution in [1.29, 1.82) is 0 Å². The molecule has 0 fully saturated rings. The number of benzene rings is 5. The smallest absolute Gasteiger partial charge is 0.336 e. The molecule has 0 aliphatic rings. The predicted molar refractivity (Wildman–Crippen MR) is 165 cm³/mol. The summed E-state index contributed by atoms with van der Waals surface area (Å²) >= 11 is 13.5. The van der Waals surface area contributed by atoms with Crippen LogP contribution in [0.5, 0.6) is 0 Å². The first-order chi connectivity index (χ1) is 19.8. The predicted octanol–water partition coefficient (Wildman–Crippen LogP) is 8.57. The SMILES string of the molecule is O=C(O)c1cccc2cccc(C(=O)Nc3ccc(SC(C(=O)Nc4ccc(Cl)c(Cl)c4)c4ccccc4)cc3)c12. The van der Waals surface area contributed by atoms with E-state index in [1.807, 2.05) is 42.5 Å². The maximum absolute atomic E-state index is 13.4. The average Bonchev–Trinajstić information content (AvgIpc) is 2.98. The summed E-state index contributed by atoms with van der Waals surface area (Å²) in [7, 11) is 0. The number of carbonyl (C=O) groups excluding carboxylic acids is 2. The van der Waals surface area contributed by atoms with Crippen LogP contribution in [0.1, 0.15) is 31.5 Å². The fourth-order valence-electron chi connectivity index (χ4n) is 4.34. The van der Waals surface area contributed by atoms with Crippen LogP contribution >= 0.6 is 35.0 Å². The monoisotopic (exact) mass is 600 g/mol. The van der Waals surface area contributed by atoms with Gasteiger partial charge in [0.15, 0.2) is 0 Å². The number of carboxylic acids is 1. The van der Waals surface area contributed by atoms with Crippen molar-refractivity contribution >= 4 is 74.9 Å². The zero-order chi connectivity index (χ0) is 28.9. The molecule has 0 heterocycles. The van der Waals surface area contributed by atoms with Gasteiger partial charge in [-0.1, -0.05) is 77.8 Å². The van der Waals surface area contributed by atoms with Gasteiger partial charge < -0.3 is 15.7 Å². The van der Waals surface area contributed by atoms with Gasteiger partial charge in [0.25, 0.3) is 5.91 Å². The molecule has 0 saturated heterocycles. The largest absolute Gasteiger partial charge is 0.478 e. The van der Waals surface area contributed by atoms with Crippen LogP contribution in [-0.2, 0) is 4.79 Å².